The molecule has 2 aromatic carbocycles. The summed E-state index contributed by atoms with van der Waals surface area (Å²) in [6.07, 6.45) is 0.183. The van der Waals surface area contributed by atoms with Crippen LogP contribution in [0, 0.1) is 10.1 Å². The van der Waals surface area contributed by atoms with Gasteiger partial charge in [0.05, 0.1) is 11.3 Å². The van der Waals surface area contributed by atoms with Crippen LogP contribution in [0.4, 0.5) is 5.69 Å². The summed E-state index contributed by atoms with van der Waals surface area (Å²) in [7, 11) is 0. The summed E-state index contributed by atoms with van der Waals surface area (Å²) in [5.41, 5.74) is 1.45. The molecule has 2 aliphatic rings. The Morgan fingerprint density at radius 1 is 1.13 bits per heavy atom. The van der Waals surface area contributed by atoms with Gasteiger partial charge < -0.3 is 15.0 Å². The molecule has 2 heterocycles. The van der Waals surface area contributed by atoms with E-state index in [-0.39, 0.29) is 42.4 Å². The monoisotopic (exact) mass is 441 g/mol. The van der Waals surface area contributed by atoms with Gasteiger partial charge in [-0.1, -0.05) is 30.3 Å². The normalized spacial score (nSPS) is 21.7. The lowest BCUT2D eigenvalue weighted by atomic mass is 10.1. The second-order valence-corrected chi connectivity index (χ2v) is 8.57. The van der Waals surface area contributed by atoms with Crippen molar-refractivity contribution in [3.8, 4) is 0 Å². The van der Waals surface area contributed by atoms with E-state index in [2.05, 4.69) is 5.32 Å². The molecule has 0 radical (unpaired) electrons. The molecule has 3 atom stereocenters. The molecule has 0 aliphatic carbocycles. The van der Waals surface area contributed by atoms with Gasteiger partial charge in [0.15, 0.2) is 0 Å². The quantitative estimate of drug-likeness (QED) is 0.300. The highest BCUT2D eigenvalue weighted by atomic mass is 32.2. The van der Waals surface area contributed by atoms with Gasteiger partial charge in [-0.3, -0.25) is 24.5 Å². The third-order valence-corrected chi connectivity index (χ3v) is 6.60. The van der Waals surface area contributed by atoms with Crippen molar-refractivity contribution in [3.63, 3.8) is 0 Å². The molecular formula is C21H19N3O6S. The molecule has 0 saturated carbocycles. The Morgan fingerprint density at radius 3 is 2.52 bits per heavy atom. The number of nitrogens with one attached hydrogen (secondary N) is 1. The number of rotatable bonds is 7. The fourth-order valence-corrected chi connectivity index (χ4v) is 4.93. The molecule has 0 aromatic heterocycles. The van der Waals surface area contributed by atoms with Crippen LogP contribution >= 0.6 is 11.8 Å². The topological polar surface area (TPSA) is 119 Å². The molecule has 0 bridgehead atoms. The van der Waals surface area contributed by atoms with Crippen molar-refractivity contribution >= 4 is 35.2 Å². The van der Waals surface area contributed by atoms with Gasteiger partial charge >= 0.3 is 5.97 Å². The number of ether oxygens (including phenoxy) is 1. The highest BCUT2D eigenvalue weighted by Crippen LogP contribution is 2.40. The van der Waals surface area contributed by atoms with Crippen LogP contribution in [0.3, 0.4) is 0 Å². The molecule has 2 aliphatic heterocycles. The number of nitro benzene ring substituents is 1. The number of amides is 2. The molecule has 2 amide bonds. The molecule has 31 heavy (non-hydrogen) atoms. The van der Waals surface area contributed by atoms with Gasteiger partial charge in [0.2, 0.25) is 11.8 Å². The van der Waals surface area contributed by atoms with Crippen LogP contribution in [0.5, 0.6) is 0 Å². The number of hydrogen-bond acceptors (Lipinski definition) is 7. The van der Waals surface area contributed by atoms with E-state index in [9.17, 15) is 24.5 Å². The molecule has 9 nitrogen and oxygen atoms in total. The average Bonchev–Trinajstić information content (AvgIpc) is 3.18. The Hall–Kier alpha value is -3.40. The third-order valence-electron chi connectivity index (χ3n) is 5.12. The molecule has 0 unspecified atom stereocenters. The van der Waals surface area contributed by atoms with Crippen LogP contribution in [-0.4, -0.2) is 50.8 Å². The summed E-state index contributed by atoms with van der Waals surface area (Å²) in [6, 6.07) is 14.4. The van der Waals surface area contributed by atoms with Gasteiger partial charge in [-0.15, -0.1) is 11.8 Å². The number of carbonyl (C=O) groups is 3. The highest BCUT2D eigenvalue weighted by Gasteiger charge is 2.55. The van der Waals surface area contributed by atoms with Gasteiger partial charge in [0.1, 0.15) is 23.3 Å². The number of esters is 1. The van der Waals surface area contributed by atoms with E-state index in [0.29, 0.717) is 5.56 Å². The number of fused-ring (bicyclic) bond motifs is 1. The molecule has 160 valence electrons. The Balaban J connectivity index is 1.27. The SMILES string of the molecule is O=C(Cc1ccccc1)N[C@@H]1C(=O)N2C[C@@H](C(=O)OCc3ccc([N+](=O)[O-])cc3)S[C@H]12. The van der Waals surface area contributed by atoms with Gasteiger partial charge in [-0.2, -0.15) is 0 Å². The molecule has 2 aromatic rings. The van der Waals surface area contributed by atoms with Gasteiger partial charge in [0, 0.05) is 18.7 Å². The van der Waals surface area contributed by atoms with Gasteiger partial charge in [0.25, 0.3) is 5.69 Å². The predicted molar refractivity (Wildman–Crippen MR) is 112 cm³/mol. The van der Waals surface area contributed by atoms with E-state index in [1.807, 2.05) is 30.3 Å². The van der Waals surface area contributed by atoms with Crippen LogP contribution in [0.25, 0.3) is 0 Å². The number of thioether (sulfide) groups is 1. The van der Waals surface area contributed by atoms with E-state index < -0.39 is 22.2 Å². The Labute approximate surface area is 181 Å². The summed E-state index contributed by atoms with van der Waals surface area (Å²) in [5, 5.41) is 12.6. The van der Waals surface area contributed by atoms with Gasteiger partial charge in [-0.25, -0.2) is 0 Å². The first-order chi connectivity index (χ1) is 14.9. The summed E-state index contributed by atoms with van der Waals surface area (Å²) in [4.78, 5) is 48.8. The van der Waals surface area contributed by atoms with Crippen molar-refractivity contribution in [3.05, 3.63) is 75.8 Å². The molecule has 1 N–H and O–H groups in total. The maximum atomic E-state index is 12.4. The van der Waals surface area contributed by atoms with Crippen molar-refractivity contribution in [2.24, 2.45) is 0 Å². The number of β-lactam (4-membered cyclic amide) rings is 1. The Morgan fingerprint density at radius 2 is 1.84 bits per heavy atom. The van der Waals surface area contributed by atoms with Gasteiger partial charge in [-0.05, 0) is 23.3 Å². The average molecular weight is 441 g/mol. The van der Waals surface area contributed by atoms with Crippen molar-refractivity contribution in [2.45, 2.75) is 29.7 Å². The smallest absolute Gasteiger partial charge is 0.321 e. The molecule has 10 heteroatoms. The molecule has 2 fully saturated rings. The van der Waals surface area contributed by atoms with E-state index in [1.165, 1.54) is 36.0 Å². The molecular weight excluding hydrogens is 422 g/mol. The molecule has 0 spiro atoms. The first-order valence-electron chi connectivity index (χ1n) is 9.61. The van der Waals surface area contributed by atoms with Crippen molar-refractivity contribution < 1.29 is 24.0 Å². The maximum absolute atomic E-state index is 12.4. The van der Waals surface area contributed by atoms with E-state index in [4.69, 9.17) is 4.74 Å². The fourth-order valence-electron chi connectivity index (χ4n) is 3.49. The largest absolute Gasteiger partial charge is 0.460 e. The second kappa shape index (κ2) is 8.76. The number of non-ortho nitro benzene ring substituents is 1. The lowest BCUT2D eigenvalue weighted by Gasteiger charge is -2.41. The zero-order valence-electron chi connectivity index (χ0n) is 16.3. The number of hydrogen-bond donors (Lipinski definition) is 1. The summed E-state index contributed by atoms with van der Waals surface area (Å²) in [6.45, 7) is 0.224. The lowest BCUT2D eigenvalue weighted by Crippen LogP contribution is -2.67. The van der Waals surface area contributed by atoms with Crippen molar-refractivity contribution in [1.82, 2.24) is 10.2 Å². The maximum Gasteiger partial charge on any atom is 0.321 e. The van der Waals surface area contributed by atoms with Crippen molar-refractivity contribution in [1.29, 1.82) is 0 Å². The minimum Gasteiger partial charge on any atom is -0.460 e. The van der Waals surface area contributed by atoms with Crippen LogP contribution in [0.1, 0.15) is 11.1 Å². The highest BCUT2D eigenvalue weighted by molar-refractivity contribution is 8.01. The van der Waals surface area contributed by atoms with Crippen LogP contribution < -0.4 is 5.32 Å². The first kappa shape index (κ1) is 20.9. The fraction of sp³-hybridized carbons (Fsp3) is 0.286. The predicted octanol–water partition coefficient (Wildman–Crippen LogP) is 1.65. The lowest BCUT2D eigenvalue weighted by molar-refractivity contribution is -0.384. The van der Waals surface area contributed by atoms with Crippen LogP contribution in [0.2, 0.25) is 0 Å². The second-order valence-electron chi connectivity index (χ2n) is 7.24. The zero-order chi connectivity index (χ0) is 22.0. The molecule has 2 saturated heterocycles. The minimum absolute atomic E-state index is 0.0102. The number of carbonyl (C=O) groups excluding carboxylic acids is 3. The van der Waals surface area contributed by atoms with E-state index in [1.54, 1.807) is 4.90 Å². The summed E-state index contributed by atoms with van der Waals surface area (Å²) >= 11 is 1.30. The third kappa shape index (κ3) is 4.53. The number of nitrogens with zero attached hydrogens (tertiary/aromatic N) is 2. The first-order valence-corrected chi connectivity index (χ1v) is 10.6. The number of benzene rings is 2. The Kier molecular flexibility index (Phi) is 5.90. The molecule has 4 rings (SSSR count). The summed E-state index contributed by atoms with van der Waals surface area (Å²) < 4.78 is 5.31. The van der Waals surface area contributed by atoms with Crippen LogP contribution in [0.15, 0.2) is 54.6 Å². The van der Waals surface area contributed by atoms with Crippen LogP contribution in [-0.2, 0) is 32.1 Å². The zero-order valence-corrected chi connectivity index (χ0v) is 17.1. The van der Waals surface area contributed by atoms with Crippen molar-refractivity contribution in [2.75, 3.05) is 6.54 Å². The van der Waals surface area contributed by atoms with E-state index >= 15 is 0 Å². The summed E-state index contributed by atoms with van der Waals surface area (Å²) in [5.74, 6) is -0.904. The van der Waals surface area contributed by atoms with E-state index in [0.717, 1.165) is 5.56 Å². The minimum atomic E-state index is -0.645. The number of nitro groups is 1. The Bertz CT molecular complexity index is 1010. The standard InChI is InChI=1S/C21H19N3O6S/c25-17(10-13-4-2-1-3-5-13)22-18-19(26)23-11-16(31-20(18)23)21(27)30-12-14-6-8-15(9-7-14)24(28)29/h1-9,16,18,20H,10-12H2,(H,22,25)/t16-,18+,20+/m0/s1.